The molecule has 4 aromatic rings. The average molecular weight is 376 g/mol. The summed E-state index contributed by atoms with van der Waals surface area (Å²) in [6, 6.07) is 4.01. The SMILES string of the molecule is C[C@H](Sc1nncn1C)c1nc2scc(-c3cccs3)c2c(=O)[nH]1. The lowest BCUT2D eigenvalue weighted by Crippen LogP contribution is -2.12. The molecule has 1 N–H and O–H groups in total. The second-order valence-corrected chi connectivity index (χ2v) is 8.36. The van der Waals surface area contributed by atoms with Gasteiger partial charge in [-0.25, -0.2) is 4.98 Å². The molecule has 6 nitrogen and oxygen atoms in total. The molecule has 4 aromatic heterocycles. The Kier molecular flexibility index (Phi) is 3.99. The molecule has 0 spiro atoms. The topological polar surface area (TPSA) is 76.5 Å². The van der Waals surface area contributed by atoms with Crippen LogP contribution in [0.4, 0.5) is 0 Å². The van der Waals surface area contributed by atoms with E-state index in [1.54, 1.807) is 17.7 Å². The van der Waals surface area contributed by atoms with Crippen molar-refractivity contribution in [3.8, 4) is 10.4 Å². The summed E-state index contributed by atoms with van der Waals surface area (Å²) in [4.78, 5) is 22.1. The molecule has 0 bridgehead atoms. The van der Waals surface area contributed by atoms with Crippen LogP contribution in [0.3, 0.4) is 0 Å². The second kappa shape index (κ2) is 6.15. The van der Waals surface area contributed by atoms with Crippen LogP contribution >= 0.6 is 34.4 Å². The highest BCUT2D eigenvalue weighted by Gasteiger charge is 2.18. The van der Waals surface area contributed by atoms with Gasteiger partial charge in [0, 0.05) is 22.9 Å². The van der Waals surface area contributed by atoms with Crippen LogP contribution in [-0.4, -0.2) is 24.7 Å². The van der Waals surface area contributed by atoms with Crippen LogP contribution in [0.15, 0.2) is 39.2 Å². The van der Waals surface area contributed by atoms with Crippen molar-refractivity contribution in [1.29, 1.82) is 0 Å². The van der Waals surface area contributed by atoms with Crippen LogP contribution in [0.2, 0.25) is 0 Å². The van der Waals surface area contributed by atoms with Gasteiger partial charge in [0.25, 0.3) is 5.56 Å². The van der Waals surface area contributed by atoms with Gasteiger partial charge in [0.05, 0.1) is 10.6 Å². The molecule has 4 heterocycles. The van der Waals surface area contributed by atoms with Gasteiger partial charge >= 0.3 is 0 Å². The lowest BCUT2D eigenvalue weighted by Gasteiger charge is -2.09. The van der Waals surface area contributed by atoms with Crippen LogP contribution in [0.1, 0.15) is 18.0 Å². The highest BCUT2D eigenvalue weighted by atomic mass is 32.2. The summed E-state index contributed by atoms with van der Waals surface area (Å²) < 4.78 is 1.85. The second-order valence-electron chi connectivity index (χ2n) is 5.24. The maximum Gasteiger partial charge on any atom is 0.260 e. The minimum Gasteiger partial charge on any atom is -0.312 e. The molecule has 0 fully saturated rings. The van der Waals surface area contributed by atoms with Crippen LogP contribution in [0, 0.1) is 0 Å². The van der Waals surface area contributed by atoms with Crippen molar-refractivity contribution in [3.05, 3.63) is 45.4 Å². The van der Waals surface area contributed by atoms with Gasteiger partial charge in [0.1, 0.15) is 17.0 Å². The summed E-state index contributed by atoms with van der Waals surface area (Å²) in [6.45, 7) is 2.00. The van der Waals surface area contributed by atoms with Crippen molar-refractivity contribution in [2.24, 2.45) is 7.05 Å². The Balaban J connectivity index is 1.74. The van der Waals surface area contributed by atoms with E-state index in [0.717, 1.165) is 20.4 Å². The monoisotopic (exact) mass is 375 g/mol. The molecule has 24 heavy (non-hydrogen) atoms. The fourth-order valence-corrected chi connectivity index (χ4v) is 4.98. The maximum absolute atomic E-state index is 12.6. The molecule has 9 heteroatoms. The van der Waals surface area contributed by atoms with E-state index in [2.05, 4.69) is 20.2 Å². The minimum atomic E-state index is -0.0925. The number of aromatic nitrogens is 5. The van der Waals surface area contributed by atoms with E-state index >= 15 is 0 Å². The number of thiophene rings is 2. The summed E-state index contributed by atoms with van der Waals surface area (Å²) in [5, 5.41) is 13.4. The van der Waals surface area contributed by atoms with Gasteiger partial charge in [-0.15, -0.1) is 32.9 Å². The lowest BCUT2D eigenvalue weighted by atomic mass is 10.2. The van der Waals surface area contributed by atoms with Crippen molar-refractivity contribution in [3.63, 3.8) is 0 Å². The van der Waals surface area contributed by atoms with Crippen molar-refractivity contribution in [2.75, 3.05) is 0 Å². The number of rotatable bonds is 4. The minimum absolute atomic E-state index is 0.0303. The summed E-state index contributed by atoms with van der Waals surface area (Å²) in [7, 11) is 1.89. The molecule has 0 aliphatic carbocycles. The summed E-state index contributed by atoms with van der Waals surface area (Å²) in [5.41, 5.74) is 0.865. The molecule has 4 rings (SSSR count). The normalized spacial score (nSPS) is 12.8. The van der Waals surface area contributed by atoms with E-state index in [0.29, 0.717) is 11.2 Å². The van der Waals surface area contributed by atoms with Crippen molar-refractivity contribution >= 4 is 44.7 Å². The quantitative estimate of drug-likeness (QED) is 0.551. The first-order chi connectivity index (χ1) is 11.6. The van der Waals surface area contributed by atoms with E-state index in [4.69, 9.17) is 0 Å². The summed E-state index contributed by atoms with van der Waals surface area (Å²) in [6.07, 6.45) is 1.65. The van der Waals surface area contributed by atoms with E-state index in [9.17, 15) is 4.79 Å². The third kappa shape index (κ3) is 2.68. The van der Waals surface area contributed by atoms with E-state index in [1.165, 1.54) is 23.1 Å². The molecule has 122 valence electrons. The predicted octanol–water partition coefficient (Wildman–Crippen LogP) is 3.69. The van der Waals surface area contributed by atoms with Gasteiger partial charge in [-0.05, 0) is 18.4 Å². The molecule has 0 saturated heterocycles. The molecule has 0 amide bonds. The number of fused-ring (bicyclic) bond motifs is 1. The van der Waals surface area contributed by atoms with E-state index in [-0.39, 0.29) is 10.8 Å². The Morgan fingerprint density at radius 3 is 2.96 bits per heavy atom. The Bertz CT molecular complexity index is 1050. The largest absolute Gasteiger partial charge is 0.312 e. The Morgan fingerprint density at radius 1 is 1.38 bits per heavy atom. The van der Waals surface area contributed by atoms with Gasteiger partial charge < -0.3 is 9.55 Å². The van der Waals surface area contributed by atoms with Crippen LogP contribution in [0.25, 0.3) is 20.7 Å². The molecule has 0 unspecified atom stereocenters. The molecule has 0 aromatic carbocycles. The fraction of sp³-hybridized carbons (Fsp3) is 0.200. The molecule has 0 aliphatic heterocycles. The first-order valence-electron chi connectivity index (χ1n) is 7.19. The Morgan fingerprint density at radius 2 is 2.25 bits per heavy atom. The van der Waals surface area contributed by atoms with Crippen LogP contribution < -0.4 is 5.56 Å². The zero-order valence-electron chi connectivity index (χ0n) is 12.9. The number of aromatic amines is 1. The van der Waals surface area contributed by atoms with Gasteiger partial charge in [-0.1, -0.05) is 17.8 Å². The predicted molar refractivity (Wildman–Crippen MR) is 98.8 cm³/mol. The third-order valence-electron chi connectivity index (χ3n) is 3.59. The third-order valence-corrected chi connectivity index (χ3v) is 6.52. The number of hydrogen-bond acceptors (Lipinski definition) is 7. The van der Waals surface area contributed by atoms with Crippen LogP contribution in [-0.2, 0) is 7.05 Å². The van der Waals surface area contributed by atoms with Crippen molar-refractivity contribution in [2.45, 2.75) is 17.3 Å². The molecule has 0 saturated carbocycles. The van der Waals surface area contributed by atoms with Gasteiger partial charge in [-0.3, -0.25) is 4.79 Å². The average Bonchev–Trinajstić information content (AvgIpc) is 3.28. The Labute approximate surface area is 149 Å². The highest BCUT2D eigenvalue weighted by molar-refractivity contribution is 7.99. The van der Waals surface area contributed by atoms with Crippen molar-refractivity contribution < 1.29 is 0 Å². The number of nitrogens with one attached hydrogen (secondary N) is 1. The summed E-state index contributed by atoms with van der Waals surface area (Å²) in [5.74, 6) is 0.653. The highest BCUT2D eigenvalue weighted by Crippen LogP contribution is 2.35. The van der Waals surface area contributed by atoms with Crippen LogP contribution in [0.5, 0.6) is 0 Å². The summed E-state index contributed by atoms with van der Waals surface area (Å²) >= 11 is 4.64. The molecule has 0 radical (unpaired) electrons. The lowest BCUT2D eigenvalue weighted by molar-refractivity contribution is 0.781. The molecular weight excluding hydrogens is 362 g/mol. The molecular formula is C15H13N5OS3. The zero-order chi connectivity index (χ0) is 16.7. The first-order valence-corrected chi connectivity index (χ1v) is 9.83. The van der Waals surface area contributed by atoms with Gasteiger partial charge in [-0.2, -0.15) is 0 Å². The molecule has 1 atom stereocenters. The van der Waals surface area contributed by atoms with E-state index in [1.807, 2.05) is 41.4 Å². The maximum atomic E-state index is 12.6. The Hall–Kier alpha value is -1.97. The molecule has 0 aliphatic rings. The van der Waals surface area contributed by atoms with Gasteiger partial charge in [0.2, 0.25) is 0 Å². The first kappa shape index (κ1) is 15.6. The number of nitrogens with zero attached hydrogens (tertiary/aromatic N) is 4. The fourth-order valence-electron chi connectivity index (χ4n) is 2.36. The smallest absolute Gasteiger partial charge is 0.260 e. The zero-order valence-corrected chi connectivity index (χ0v) is 15.3. The standard InChI is InChI=1S/C15H13N5OS3/c1-8(24-15-19-16-7-20(15)2)12-17-13(21)11-9(6-23-14(11)18-12)10-4-3-5-22-10/h3-8H,1-2H3,(H,17,18,21)/t8-/m0/s1. The number of thioether (sulfide) groups is 1. The van der Waals surface area contributed by atoms with Crippen molar-refractivity contribution in [1.82, 2.24) is 24.7 Å². The van der Waals surface area contributed by atoms with Gasteiger partial charge in [0.15, 0.2) is 5.16 Å². The van der Waals surface area contributed by atoms with E-state index < -0.39 is 0 Å². The number of aryl methyl sites for hydroxylation is 1. The number of hydrogen-bond donors (Lipinski definition) is 1. The number of H-pyrrole nitrogens is 1.